The van der Waals surface area contributed by atoms with Gasteiger partial charge in [-0.2, -0.15) is 23.3 Å². The van der Waals surface area contributed by atoms with Gasteiger partial charge in [-0.25, -0.2) is 0 Å². The molecule has 1 saturated carbocycles. The summed E-state index contributed by atoms with van der Waals surface area (Å²) in [6, 6.07) is 17.1. The molecule has 34 heavy (non-hydrogen) atoms. The van der Waals surface area contributed by atoms with Crippen LogP contribution in [0, 0.1) is 5.92 Å². The van der Waals surface area contributed by atoms with E-state index in [1.807, 2.05) is 42.5 Å². The molecular weight excluding hydrogens is 445 g/mol. The van der Waals surface area contributed by atoms with Crippen molar-refractivity contribution in [3.63, 3.8) is 0 Å². The summed E-state index contributed by atoms with van der Waals surface area (Å²) in [6.07, 6.45) is -2.55. The Morgan fingerprint density at radius 2 is 1.71 bits per heavy atom. The standard InChI is InChI=1S/C26H29F3N2O3/c1-24(2,18-9-5-3-6-10-18)19-13-15-20(16-14-19)34-17-23(32)31-25(33,26(27,28)29)21-11-7-4-8-12-22(21)30-31/h3,5-6,9-10,13-16,21,33H,4,7-8,11-12,17H2,1-2H3/t21-,25+/m1/s1. The fourth-order valence-electron chi connectivity index (χ4n) is 4.84. The summed E-state index contributed by atoms with van der Waals surface area (Å²) >= 11 is 0. The molecule has 0 unspecified atom stereocenters. The van der Waals surface area contributed by atoms with Crippen LogP contribution in [0.1, 0.15) is 57.1 Å². The highest BCUT2D eigenvalue weighted by atomic mass is 19.4. The molecule has 2 atom stereocenters. The quantitative estimate of drug-likeness (QED) is 0.630. The Kier molecular flexibility index (Phi) is 6.46. The number of carbonyl (C=O) groups excluding carboxylic acids is 1. The predicted octanol–water partition coefficient (Wildman–Crippen LogP) is 5.42. The minimum absolute atomic E-state index is 0.137. The summed E-state index contributed by atoms with van der Waals surface area (Å²) in [7, 11) is 0. The highest BCUT2D eigenvalue weighted by Gasteiger charge is 2.68. The largest absolute Gasteiger partial charge is 0.484 e. The number of fused-ring (bicyclic) bond motifs is 1. The molecule has 5 nitrogen and oxygen atoms in total. The van der Waals surface area contributed by atoms with Gasteiger partial charge in [0.05, 0.1) is 5.92 Å². The maximum atomic E-state index is 14.0. The Morgan fingerprint density at radius 1 is 1.06 bits per heavy atom. The van der Waals surface area contributed by atoms with Crippen LogP contribution in [0.4, 0.5) is 13.2 Å². The normalized spacial score (nSPS) is 23.2. The minimum Gasteiger partial charge on any atom is -0.484 e. The molecule has 0 saturated heterocycles. The van der Waals surface area contributed by atoms with Gasteiger partial charge >= 0.3 is 6.18 Å². The molecule has 8 heteroatoms. The number of nitrogens with zero attached hydrogens (tertiary/aromatic N) is 2. The lowest BCUT2D eigenvalue weighted by molar-refractivity contribution is -0.317. The third-order valence-electron chi connectivity index (χ3n) is 6.95. The van der Waals surface area contributed by atoms with Crippen molar-refractivity contribution in [2.24, 2.45) is 11.0 Å². The number of carbonyl (C=O) groups is 1. The highest BCUT2D eigenvalue weighted by Crippen LogP contribution is 2.47. The number of ether oxygens (including phenoxy) is 1. The predicted molar refractivity (Wildman–Crippen MR) is 122 cm³/mol. The lowest BCUT2D eigenvalue weighted by Crippen LogP contribution is -2.61. The van der Waals surface area contributed by atoms with Crippen LogP contribution in [0.2, 0.25) is 0 Å². The smallest absolute Gasteiger partial charge is 0.439 e. The zero-order valence-electron chi connectivity index (χ0n) is 19.3. The number of benzene rings is 2. The SMILES string of the molecule is CC(C)(c1ccccc1)c1ccc(OCC(=O)N2N=C3CCCCC[C@H]3[C@]2(O)C(F)(F)F)cc1. The second-order valence-corrected chi connectivity index (χ2v) is 9.48. The zero-order valence-corrected chi connectivity index (χ0v) is 19.3. The third kappa shape index (κ3) is 4.31. The number of halogens is 3. The first-order valence-electron chi connectivity index (χ1n) is 11.5. The van der Waals surface area contributed by atoms with Crippen LogP contribution in [0.25, 0.3) is 0 Å². The van der Waals surface area contributed by atoms with Crippen LogP contribution in [-0.2, 0) is 10.2 Å². The number of rotatable bonds is 5. The second kappa shape index (κ2) is 9.06. The first-order valence-corrected chi connectivity index (χ1v) is 11.5. The van der Waals surface area contributed by atoms with Crippen molar-refractivity contribution in [1.82, 2.24) is 5.01 Å². The molecule has 0 bridgehead atoms. The van der Waals surface area contributed by atoms with Crippen LogP contribution in [-0.4, -0.2) is 40.2 Å². The molecule has 1 amide bonds. The van der Waals surface area contributed by atoms with Crippen molar-refractivity contribution in [3.8, 4) is 5.75 Å². The van der Waals surface area contributed by atoms with Crippen LogP contribution in [0.5, 0.6) is 5.75 Å². The Morgan fingerprint density at radius 3 is 2.35 bits per heavy atom. The van der Waals surface area contributed by atoms with Gasteiger partial charge in [-0.05, 0) is 42.5 Å². The number of amides is 1. The monoisotopic (exact) mass is 474 g/mol. The van der Waals surface area contributed by atoms with Gasteiger partial charge in [-0.15, -0.1) is 0 Å². The zero-order chi connectivity index (χ0) is 24.6. The number of hydrogen-bond acceptors (Lipinski definition) is 4. The number of alkyl halides is 3. The highest BCUT2D eigenvalue weighted by molar-refractivity contribution is 5.93. The average molecular weight is 475 g/mol. The molecule has 0 aromatic heterocycles. The molecule has 1 aliphatic heterocycles. The fourth-order valence-corrected chi connectivity index (χ4v) is 4.84. The molecule has 2 aromatic carbocycles. The lowest BCUT2D eigenvalue weighted by atomic mass is 9.78. The molecule has 1 aliphatic carbocycles. The number of aliphatic hydroxyl groups is 1. The van der Waals surface area contributed by atoms with Crippen molar-refractivity contribution < 1.29 is 27.8 Å². The van der Waals surface area contributed by atoms with Gasteiger partial charge in [0.2, 0.25) is 0 Å². The van der Waals surface area contributed by atoms with E-state index < -0.39 is 30.3 Å². The van der Waals surface area contributed by atoms with Crippen LogP contribution in [0.15, 0.2) is 59.7 Å². The summed E-state index contributed by atoms with van der Waals surface area (Å²) in [5, 5.41) is 14.9. The van der Waals surface area contributed by atoms with E-state index >= 15 is 0 Å². The molecule has 0 radical (unpaired) electrons. The number of hydrogen-bond donors (Lipinski definition) is 1. The second-order valence-electron chi connectivity index (χ2n) is 9.48. The third-order valence-corrected chi connectivity index (χ3v) is 6.95. The maximum Gasteiger partial charge on any atom is 0.439 e. The molecular formula is C26H29F3N2O3. The van der Waals surface area contributed by atoms with Crippen molar-refractivity contribution in [3.05, 3.63) is 65.7 Å². The van der Waals surface area contributed by atoms with Crippen LogP contribution < -0.4 is 4.74 Å². The summed E-state index contributed by atoms with van der Waals surface area (Å²) in [6.45, 7) is 3.52. The van der Waals surface area contributed by atoms with Crippen molar-refractivity contribution in [1.29, 1.82) is 0 Å². The first-order chi connectivity index (χ1) is 16.0. The topological polar surface area (TPSA) is 62.1 Å². The van der Waals surface area contributed by atoms with E-state index in [4.69, 9.17) is 4.74 Å². The lowest BCUT2D eigenvalue weighted by Gasteiger charge is -2.37. The van der Waals surface area contributed by atoms with E-state index in [1.54, 1.807) is 12.1 Å². The molecule has 1 fully saturated rings. The Balaban J connectivity index is 1.48. The van der Waals surface area contributed by atoms with Crippen molar-refractivity contribution in [2.45, 2.75) is 63.3 Å². The maximum absolute atomic E-state index is 14.0. The van der Waals surface area contributed by atoms with Gasteiger partial charge in [0, 0.05) is 11.1 Å². The van der Waals surface area contributed by atoms with Crippen LogP contribution >= 0.6 is 0 Å². The average Bonchev–Trinajstić information content (AvgIpc) is 2.96. The van der Waals surface area contributed by atoms with E-state index in [0.717, 1.165) is 17.5 Å². The molecule has 2 aliphatic rings. The molecule has 0 spiro atoms. The summed E-state index contributed by atoms with van der Waals surface area (Å²) < 4.78 is 47.4. The van der Waals surface area contributed by atoms with Gasteiger partial charge < -0.3 is 9.84 Å². The fraction of sp³-hybridized carbons (Fsp3) is 0.462. The van der Waals surface area contributed by atoms with Gasteiger partial charge in [0.1, 0.15) is 5.75 Å². The molecule has 2 aromatic rings. The van der Waals surface area contributed by atoms with Gasteiger partial charge in [-0.1, -0.05) is 69.2 Å². The van der Waals surface area contributed by atoms with Crippen molar-refractivity contribution >= 4 is 11.6 Å². The summed E-state index contributed by atoms with van der Waals surface area (Å²) in [5.74, 6) is -1.93. The van der Waals surface area contributed by atoms with E-state index in [2.05, 4.69) is 18.9 Å². The van der Waals surface area contributed by atoms with E-state index in [-0.39, 0.29) is 22.6 Å². The molecule has 182 valence electrons. The summed E-state index contributed by atoms with van der Waals surface area (Å²) in [5.41, 5.74) is -1.21. The molecule has 1 N–H and O–H groups in total. The van der Waals surface area contributed by atoms with Gasteiger partial charge in [-0.3, -0.25) is 4.79 Å². The van der Waals surface area contributed by atoms with Gasteiger partial charge in [0.15, 0.2) is 6.61 Å². The first kappa shape index (κ1) is 24.3. The van der Waals surface area contributed by atoms with E-state index in [9.17, 15) is 23.1 Å². The van der Waals surface area contributed by atoms with Crippen molar-refractivity contribution in [2.75, 3.05) is 6.61 Å². The van der Waals surface area contributed by atoms with Crippen LogP contribution in [0.3, 0.4) is 0 Å². The molecule has 4 rings (SSSR count). The van der Waals surface area contributed by atoms with Gasteiger partial charge in [0.25, 0.3) is 11.6 Å². The Hall–Kier alpha value is -2.87. The minimum atomic E-state index is -5.03. The molecule has 1 heterocycles. The number of hydrazone groups is 1. The Bertz CT molecular complexity index is 1050. The Labute approximate surface area is 197 Å². The van der Waals surface area contributed by atoms with E-state index in [0.29, 0.717) is 25.0 Å². The van der Waals surface area contributed by atoms with E-state index in [1.165, 1.54) is 0 Å². The summed E-state index contributed by atoms with van der Waals surface area (Å²) in [4.78, 5) is 12.8.